The highest BCUT2D eigenvalue weighted by Crippen LogP contribution is 2.44. The molecule has 0 aromatic heterocycles. The maximum atomic E-state index is 13.1. The van der Waals surface area contributed by atoms with Gasteiger partial charge in [0.05, 0.1) is 11.8 Å². The molecule has 7 heteroatoms. The van der Waals surface area contributed by atoms with Crippen molar-refractivity contribution in [3.8, 4) is 11.1 Å². The molecule has 1 aliphatic heterocycles. The van der Waals surface area contributed by atoms with Gasteiger partial charge in [-0.15, -0.1) is 0 Å². The van der Waals surface area contributed by atoms with Crippen LogP contribution in [-0.2, 0) is 14.3 Å². The number of carbonyl (C=O) groups excluding carboxylic acids is 2. The quantitative estimate of drug-likeness (QED) is 0.700. The summed E-state index contributed by atoms with van der Waals surface area (Å²) in [7, 11) is 0. The van der Waals surface area contributed by atoms with Crippen LogP contribution >= 0.6 is 0 Å². The van der Waals surface area contributed by atoms with E-state index in [9.17, 15) is 19.5 Å². The number of benzene rings is 2. The zero-order chi connectivity index (χ0) is 23.7. The number of alkyl carbamates (subject to hydrolysis) is 1. The third-order valence-corrected chi connectivity index (χ3v) is 7.56. The van der Waals surface area contributed by atoms with Crippen LogP contribution in [0.1, 0.15) is 49.1 Å². The van der Waals surface area contributed by atoms with Gasteiger partial charge in [-0.3, -0.25) is 9.59 Å². The minimum absolute atomic E-state index is 0.0135. The predicted octanol–water partition coefficient (Wildman–Crippen LogP) is 4.02. The molecule has 1 saturated heterocycles. The second kappa shape index (κ2) is 9.49. The average molecular weight is 463 g/mol. The summed E-state index contributed by atoms with van der Waals surface area (Å²) in [5.41, 5.74) is 4.66. The first-order chi connectivity index (χ1) is 16.5. The van der Waals surface area contributed by atoms with Gasteiger partial charge in [0.2, 0.25) is 5.91 Å². The maximum Gasteiger partial charge on any atom is 0.407 e. The van der Waals surface area contributed by atoms with E-state index in [4.69, 9.17) is 4.74 Å². The molecular weight excluding hydrogens is 432 g/mol. The number of carbonyl (C=O) groups is 3. The number of carboxylic acid groups (broad SMARTS) is 1. The molecule has 178 valence electrons. The Morgan fingerprint density at radius 3 is 2.29 bits per heavy atom. The summed E-state index contributed by atoms with van der Waals surface area (Å²) >= 11 is 0. The molecule has 0 unspecified atom stereocenters. The standard InChI is InChI=1S/C27H30N2O5/c30-25(29-14-6-7-17(15-29)26(31)32)22-12-5-13-24(22)28-27(33)34-16-23-20-10-3-1-8-18(20)19-9-2-4-11-21(19)23/h1-4,8-11,17,22-24H,5-7,12-16H2,(H,28,33)(H,31,32)/t17-,22-,24+/m0/s1. The molecule has 3 aliphatic rings. The topological polar surface area (TPSA) is 95.9 Å². The average Bonchev–Trinajstić information content (AvgIpc) is 3.44. The lowest BCUT2D eigenvalue weighted by molar-refractivity contribution is -0.146. The third kappa shape index (κ3) is 4.27. The normalized spacial score (nSPS) is 23.8. The second-order valence-electron chi connectivity index (χ2n) is 9.58. The number of nitrogens with zero attached hydrogens (tertiary/aromatic N) is 1. The van der Waals surface area contributed by atoms with E-state index in [1.54, 1.807) is 4.90 Å². The Hall–Kier alpha value is -3.35. The molecule has 1 saturated carbocycles. The number of nitrogens with one attached hydrogen (secondary N) is 1. The van der Waals surface area contributed by atoms with E-state index in [1.165, 1.54) is 11.1 Å². The van der Waals surface area contributed by atoms with Crippen LogP contribution in [0.3, 0.4) is 0 Å². The van der Waals surface area contributed by atoms with Crippen LogP contribution in [0, 0.1) is 11.8 Å². The molecule has 0 bridgehead atoms. The van der Waals surface area contributed by atoms with Crippen LogP contribution in [0.5, 0.6) is 0 Å². The SMILES string of the molecule is O=C(N[C@@H]1CCC[C@@H]1C(=O)N1CCC[C@H](C(=O)O)C1)OCC1c2ccccc2-c2ccccc21. The number of ether oxygens (including phenoxy) is 1. The highest BCUT2D eigenvalue weighted by Gasteiger charge is 2.39. The fourth-order valence-electron chi connectivity index (χ4n) is 5.83. The minimum Gasteiger partial charge on any atom is -0.481 e. The van der Waals surface area contributed by atoms with Crippen LogP contribution < -0.4 is 5.32 Å². The third-order valence-electron chi connectivity index (χ3n) is 7.56. The number of fused-ring (bicyclic) bond motifs is 3. The Morgan fingerprint density at radius 2 is 1.62 bits per heavy atom. The van der Waals surface area contributed by atoms with Gasteiger partial charge in [0.25, 0.3) is 0 Å². The molecule has 0 spiro atoms. The van der Waals surface area contributed by atoms with Crippen molar-refractivity contribution in [2.24, 2.45) is 11.8 Å². The van der Waals surface area contributed by atoms with Gasteiger partial charge in [-0.25, -0.2) is 4.79 Å². The number of carboxylic acids is 1. The Morgan fingerprint density at radius 1 is 0.941 bits per heavy atom. The number of amides is 2. The Bertz CT molecular complexity index is 1050. The first-order valence-electron chi connectivity index (χ1n) is 12.2. The van der Waals surface area contributed by atoms with Gasteiger partial charge in [0.1, 0.15) is 6.61 Å². The van der Waals surface area contributed by atoms with Gasteiger partial charge < -0.3 is 20.1 Å². The monoisotopic (exact) mass is 462 g/mol. The number of likely N-dealkylation sites (tertiary alicyclic amines) is 1. The van der Waals surface area contributed by atoms with E-state index in [-0.39, 0.29) is 36.9 Å². The summed E-state index contributed by atoms with van der Waals surface area (Å²) in [6.45, 7) is 1.07. The molecule has 2 aromatic rings. The molecule has 1 heterocycles. The fraction of sp³-hybridized carbons (Fsp3) is 0.444. The van der Waals surface area contributed by atoms with Crippen molar-refractivity contribution >= 4 is 18.0 Å². The van der Waals surface area contributed by atoms with Crippen molar-refractivity contribution in [2.75, 3.05) is 19.7 Å². The Balaban J connectivity index is 1.20. The van der Waals surface area contributed by atoms with Crippen molar-refractivity contribution in [1.82, 2.24) is 10.2 Å². The summed E-state index contributed by atoms with van der Waals surface area (Å²) in [6, 6.07) is 16.1. The zero-order valence-electron chi connectivity index (χ0n) is 19.1. The van der Waals surface area contributed by atoms with Gasteiger partial charge in [-0.1, -0.05) is 55.0 Å². The summed E-state index contributed by atoms with van der Waals surface area (Å²) in [6.07, 6.45) is 3.05. The number of hydrogen-bond donors (Lipinski definition) is 2. The van der Waals surface area contributed by atoms with E-state index < -0.39 is 18.0 Å². The van der Waals surface area contributed by atoms with Crippen LogP contribution in [0.2, 0.25) is 0 Å². The highest BCUT2D eigenvalue weighted by molar-refractivity contribution is 5.82. The minimum atomic E-state index is -0.850. The van der Waals surface area contributed by atoms with Gasteiger partial charge in [-0.2, -0.15) is 0 Å². The number of piperidine rings is 1. The predicted molar refractivity (Wildman–Crippen MR) is 126 cm³/mol. The van der Waals surface area contributed by atoms with Crippen molar-refractivity contribution in [3.05, 3.63) is 59.7 Å². The lowest BCUT2D eigenvalue weighted by Gasteiger charge is -2.34. The molecule has 0 radical (unpaired) electrons. The fourth-order valence-corrected chi connectivity index (χ4v) is 5.83. The highest BCUT2D eigenvalue weighted by atomic mass is 16.5. The molecule has 2 aliphatic carbocycles. The molecule has 2 aromatic carbocycles. The molecule has 34 heavy (non-hydrogen) atoms. The van der Waals surface area contributed by atoms with Crippen LogP contribution in [0.4, 0.5) is 4.79 Å². The van der Waals surface area contributed by atoms with Crippen molar-refractivity contribution in [3.63, 3.8) is 0 Å². The maximum absolute atomic E-state index is 13.1. The summed E-state index contributed by atoms with van der Waals surface area (Å²) in [4.78, 5) is 38.9. The molecule has 3 atom stereocenters. The molecule has 2 N–H and O–H groups in total. The first-order valence-corrected chi connectivity index (χ1v) is 12.2. The van der Waals surface area contributed by atoms with E-state index in [0.717, 1.165) is 24.0 Å². The smallest absolute Gasteiger partial charge is 0.407 e. The molecular formula is C27H30N2O5. The lowest BCUT2D eigenvalue weighted by atomic mass is 9.95. The van der Waals surface area contributed by atoms with Crippen LogP contribution in [0.15, 0.2) is 48.5 Å². The molecule has 2 fully saturated rings. The molecule has 2 amide bonds. The Kier molecular flexibility index (Phi) is 6.26. The zero-order valence-corrected chi connectivity index (χ0v) is 19.1. The van der Waals surface area contributed by atoms with Crippen molar-refractivity contribution in [1.29, 1.82) is 0 Å². The van der Waals surface area contributed by atoms with Crippen LogP contribution in [0.25, 0.3) is 11.1 Å². The van der Waals surface area contributed by atoms with Gasteiger partial charge >= 0.3 is 12.1 Å². The number of rotatable bonds is 5. The first kappa shape index (κ1) is 22.4. The Labute approximate surface area is 199 Å². The van der Waals surface area contributed by atoms with Crippen molar-refractivity contribution < 1.29 is 24.2 Å². The number of aliphatic carboxylic acids is 1. The van der Waals surface area contributed by atoms with Gasteiger partial charge in [0.15, 0.2) is 0 Å². The van der Waals surface area contributed by atoms with Gasteiger partial charge in [0, 0.05) is 25.0 Å². The largest absolute Gasteiger partial charge is 0.481 e. The van der Waals surface area contributed by atoms with E-state index >= 15 is 0 Å². The van der Waals surface area contributed by atoms with E-state index in [0.29, 0.717) is 25.8 Å². The summed E-state index contributed by atoms with van der Waals surface area (Å²) in [5.74, 6) is -1.74. The second-order valence-corrected chi connectivity index (χ2v) is 9.58. The van der Waals surface area contributed by atoms with E-state index in [2.05, 4.69) is 29.6 Å². The number of hydrogen-bond acceptors (Lipinski definition) is 4. The lowest BCUT2D eigenvalue weighted by Crippen LogP contribution is -2.49. The van der Waals surface area contributed by atoms with Crippen molar-refractivity contribution in [2.45, 2.75) is 44.1 Å². The van der Waals surface area contributed by atoms with Crippen LogP contribution in [-0.4, -0.2) is 53.7 Å². The van der Waals surface area contributed by atoms with Gasteiger partial charge in [-0.05, 0) is 47.9 Å². The molecule has 5 rings (SSSR count). The summed E-state index contributed by atoms with van der Waals surface area (Å²) in [5, 5.41) is 12.3. The summed E-state index contributed by atoms with van der Waals surface area (Å²) < 4.78 is 5.67. The molecule has 7 nitrogen and oxygen atoms in total. The van der Waals surface area contributed by atoms with E-state index in [1.807, 2.05) is 24.3 Å².